The number of fused-ring (bicyclic) bond motifs is 2. The lowest BCUT2D eigenvalue weighted by Crippen LogP contribution is -2.52. The van der Waals surface area contributed by atoms with Gasteiger partial charge in [-0.1, -0.05) is 31.0 Å². The van der Waals surface area contributed by atoms with Gasteiger partial charge in [-0.05, 0) is 24.5 Å². The number of nitrogens with zero attached hydrogens (tertiary/aromatic N) is 1. The number of hydrogen-bond acceptors (Lipinski definition) is 4. The normalized spacial score (nSPS) is 24.6. The summed E-state index contributed by atoms with van der Waals surface area (Å²) in [6.45, 7) is 0. The van der Waals surface area contributed by atoms with Crippen LogP contribution >= 0.6 is 0 Å². The monoisotopic (exact) mass is 339 g/mol. The van der Waals surface area contributed by atoms with Crippen molar-refractivity contribution in [3.8, 4) is 0 Å². The van der Waals surface area contributed by atoms with Crippen LogP contribution in [0, 0.1) is 11.8 Å². The Bertz CT molecular complexity index is 832. The average Bonchev–Trinajstić information content (AvgIpc) is 3.13. The number of aromatic nitrogens is 1. The first-order chi connectivity index (χ1) is 12.1. The predicted octanol–water partition coefficient (Wildman–Crippen LogP) is 1.00. The van der Waals surface area contributed by atoms with Crippen LogP contribution in [0.5, 0.6) is 0 Å². The standard InChI is InChI=1S/C19H20N2O4/c22-17-13-6-1-2-7-14(13)18(23)21(17)16(19(24)25)9-11-10-20-15-8-4-3-5-12(11)15/h3-5,8,10,13-14,16,20H,1-2,6-7,9H2,(H,24,25)/p-1. The summed E-state index contributed by atoms with van der Waals surface area (Å²) in [6, 6.07) is 6.28. The highest BCUT2D eigenvalue weighted by atomic mass is 16.4. The number of rotatable bonds is 4. The van der Waals surface area contributed by atoms with E-state index in [-0.39, 0.29) is 30.1 Å². The summed E-state index contributed by atoms with van der Waals surface area (Å²) in [7, 11) is 0. The number of carboxylic acids is 1. The van der Waals surface area contributed by atoms with Crippen molar-refractivity contribution in [1.29, 1.82) is 0 Å². The van der Waals surface area contributed by atoms with E-state index in [0.29, 0.717) is 12.8 Å². The molecule has 6 heteroatoms. The van der Waals surface area contributed by atoms with Crippen LogP contribution in [0.4, 0.5) is 0 Å². The van der Waals surface area contributed by atoms with Gasteiger partial charge in [0.1, 0.15) is 0 Å². The van der Waals surface area contributed by atoms with E-state index in [0.717, 1.165) is 34.2 Å². The lowest BCUT2D eigenvalue weighted by Gasteiger charge is -2.27. The molecule has 25 heavy (non-hydrogen) atoms. The van der Waals surface area contributed by atoms with E-state index in [9.17, 15) is 19.5 Å². The molecule has 4 rings (SSSR count). The van der Waals surface area contributed by atoms with Crippen LogP contribution in [0.15, 0.2) is 30.5 Å². The Morgan fingerprint density at radius 2 is 1.80 bits per heavy atom. The molecule has 1 aromatic heterocycles. The van der Waals surface area contributed by atoms with Crippen LogP contribution in [-0.4, -0.2) is 33.7 Å². The molecule has 3 atom stereocenters. The van der Waals surface area contributed by atoms with Gasteiger partial charge < -0.3 is 14.9 Å². The molecule has 130 valence electrons. The number of aromatic amines is 1. The molecule has 2 heterocycles. The van der Waals surface area contributed by atoms with Crippen molar-refractivity contribution in [1.82, 2.24) is 9.88 Å². The Morgan fingerprint density at radius 3 is 2.44 bits per heavy atom. The Balaban J connectivity index is 1.66. The van der Waals surface area contributed by atoms with Crippen molar-refractivity contribution in [2.24, 2.45) is 11.8 Å². The third-order valence-corrected chi connectivity index (χ3v) is 5.55. The smallest absolute Gasteiger partial charge is 0.233 e. The zero-order chi connectivity index (χ0) is 17.6. The van der Waals surface area contributed by atoms with E-state index in [2.05, 4.69) is 4.98 Å². The highest BCUT2D eigenvalue weighted by molar-refractivity contribution is 6.07. The summed E-state index contributed by atoms with van der Waals surface area (Å²) in [5, 5.41) is 12.7. The minimum atomic E-state index is -1.38. The molecule has 0 bridgehead atoms. The van der Waals surface area contributed by atoms with Gasteiger partial charge in [-0.2, -0.15) is 0 Å². The van der Waals surface area contributed by atoms with Crippen LogP contribution in [0.2, 0.25) is 0 Å². The molecule has 1 aromatic carbocycles. The van der Waals surface area contributed by atoms with E-state index in [1.807, 2.05) is 24.3 Å². The number of H-pyrrole nitrogens is 1. The van der Waals surface area contributed by atoms with Crippen LogP contribution in [-0.2, 0) is 20.8 Å². The number of nitrogens with one attached hydrogen (secondary N) is 1. The summed E-state index contributed by atoms with van der Waals surface area (Å²) in [5.74, 6) is -2.78. The van der Waals surface area contributed by atoms with E-state index in [1.165, 1.54) is 0 Å². The summed E-state index contributed by atoms with van der Waals surface area (Å²) in [5.41, 5.74) is 1.66. The molecule has 2 amide bonds. The van der Waals surface area contributed by atoms with Crippen molar-refractivity contribution < 1.29 is 19.5 Å². The molecule has 6 nitrogen and oxygen atoms in total. The second-order valence-electron chi connectivity index (χ2n) is 6.94. The van der Waals surface area contributed by atoms with Gasteiger partial charge in [-0.3, -0.25) is 14.5 Å². The third-order valence-electron chi connectivity index (χ3n) is 5.55. The number of benzene rings is 1. The van der Waals surface area contributed by atoms with Gasteiger partial charge in [0.25, 0.3) is 0 Å². The number of hydrogen-bond donors (Lipinski definition) is 1. The molecule has 1 saturated heterocycles. The number of imide groups is 1. The van der Waals surface area contributed by atoms with E-state index < -0.39 is 12.0 Å². The molecule has 2 fully saturated rings. The zero-order valence-corrected chi connectivity index (χ0v) is 13.7. The van der Waals surface area contributed by atoms with Gasteiger partial charge in [0.05, 0.1) is 23.8 Å². The topological polar surface area (TPSA) is 93.3 Å². The molecule has 1 N–H and O–H groups in total. The molecule has 0 spiro atoms. The van der Waals surface area contributed by atoms with Crippen molar-refractivity contribution in [3.63, 3.8) is 0 Å². The van der Waals surface area contributed by atoms with Gasteiger partial charge in [0.2, 0.25) is 11.8 Å². The zero-order valence-electron chi connectivity index (χ0n) is 13.7. The molecule has 2 aliphatic rings. The summed E-state index contributed by atoms with van der Waals surface area (Å²) >= 11 is 0. The number of carbonyl (C=O) groups excluding carboxylic acids is 3. The molecule has 1 aliphatic carbocycles. The molecular weight excluding hydrogens is 320 g/mol. The maximum Gasteiger partial charge on any atom is 0.233 e. The highest BCUT2D eigenvalue weighted by Crippen LogP contribution is 2.39. The predicted molar refractivity (Wildman–Crippen MR) is 88.1 cm³/mol. The van der Waals surface area contributed by atoms with E-state index >= 15 is 0 Å². The van der Waals surface area contributed by atoms with Gasteiger partial charge in [-0.25, -0.2) is 0 Å². The minimum absolute atomic E-state index is 0.0588. The van der Waals surface area contributed by atoms with E-state index in [4.69, 9.17) is 0 Å². The second kappa shape index (κ2) is 6.02. The van der Waals surface area contributed by atoms with Crippen LogP contribution in [0.3, 0.4) is 0 Å². The fourth-order valence-corrected chi connectivity index (χ4v) is 4.28. The van der Waals surface area contributed by atoms with Gasteiger partial charge >= 0.3 is 0 Å². The van der Waals surface area contributed by atoms with Gasteiger partial charge in [-0.15, -0.1) is 0 Å². The summed E-state index contributed by atoms with van der Waals surface area (Å²) < 4.78 is 0. The largest absolute Gasteiger partial charge is 0.548 e. The second-order valence-corrected chi connectivity index (χ2v) is 6.94. The van der Waals surface area contributed by atoms with Gasteiger partial charge in [0, 0.05) is 23.5 Å². The Kier molecular flexibility index (Phi) is 3.82. The average molecular weight is 339 g/mol. The highest BCUT2D eigenvalue weighted by Gasteiger charge is 2.50. The first kappa shape index (κ1) is 15.9. The maximum atomic E-state index is 12.7. The van der Waals surface area contributed by atoms with Crippen molar-refractivity contribution >= 4 is 28.7 Å². The fraction of sp³-hybridized carbons (Fsp3) is 0.421. The molecule has 2 aromatic rings. The molecular formula is C19H19N2O4-. The lowest BCUT2D eigenvalue weighted by molar-refractivity contribution is -0.310. The number of para-hydroxylation sites is 1. The van der Waals surface area contributed by atoms with Crippen molar-refractivity contribution in [2.75, 3.05) is 0 Å². The Hall–Kier alpha value is -2.63. The van der Waals surface area contributed by atoms with Crippen LogP contribution in [0.25, 0.3) is 10.9 Å². The van der Waals surface area contributed by atoms with Crippen LogP contribution in [0.1, 0.15) is 31.2 Å². The number of likely N-dealkylation sites (tertiary alicyclic amines) is 1. The first-order valence-corrected chi connectivity index (χ1v) is 8.70. The minimum Gasteiger partial charge on any atom is -0.548 e. The molecule has 0 radical (unpaired) electrons. The number of aliphatic carboxylic acids is 1. The van der Waals surface area contributed by atoms with Crippen molar-refractivity contribution in [2.45, 2.75) is 38.1 Å². The van der Waals surface area contributed by atoms with Gasteiger partial charge in [0.15, 0.2) is 0 Å². The molecule has 1 saturated carbocycles. The quantitative estimate of drug-likeness (QED) is 0.841. The molecule has 1 aliphatic heterocycles. The first-order valence-electron chi connectivity index (χ1n) is 8.70. The fourth-order valence-electron chi connectivity index (χ4n) is 4.28. The summed E-state index contributed by atoms with van der Waals surface area (Å²) in [6.07, 6.45) is 4.94. The maximum absolute atomic E-state index is 12.7. The van der Waals surface area contributed by atoms with Crippen LogP contribution < -0.4 is 5.11 Å². The number of amides is 2. The summed E-state index contributed by atoms with van der Waals surface area (Å²) in [4.78, 5) is 41.2. The van der Waals surface area contributed by atoms with Crippen molar-refractivity contribution in [3.05, 3.63) is 36.0 Å². The van der Waals surface area contributed by atoms with E-state index in [1.54, 1.807) is 6.20 Å². The lowest BCUT2D eigenvalue weighted by atomic mass is 9.81. The number of carbonyl (C=O) groups is 3. The molecule has 3 unspecified atom stereocenters. The Morgan fingerprint density at radius 1 is 1.16 bits per heavy atom. The number of carboxylic acid groups (broad SMARTS) is 1. The SMILES string of the molecule is O=C([O-])C(Cc1c[nH]c2ccccc12)N1C(=O)C2CCCCC2C1=O. The Labute approximate surface area is 144 Å². The third kappa shape index (κ3) is 2.52.